The molecule has 0 bridgehead atoms. The summed E-state index contributed by atoms with van der Waals surface area (Å²) in [6.45, 7) is -0.382. The highest BCUT2D eigenvalue weighted by atomic mass is 16.6. The number of aromatic nitrogens is 3. The van der Waals surface area contributed by atoms with Crippen molar-refractivity contribution < 1.29 is 20.1 Å². The van der Waals surface area contributed by atoms with Gasteiger partial charge in [0.2, 0.25) is 5.95 Å². The fraction of sp³-hybridized carbons (Fsp3) is 0.391. The van der Waals surface area contributed by atoms with E-state index in [2.05, 4.69) is 25.6 Å². The maximum Gasteiger partial charge on any atom is 0.229 e. The first-order chi connectivity index (χ1) is 16.1. The SMILES string of the molecule is OCC1OC(C2C=Nc3c(NC4CC4)nc(Nc4ccc5ncccc5c4)nc32)C(O)C1O. The van der Waals surface area contributed by atoms with E-state index in [0.717, 1.165) is 29.4 Å². The maximum atomic E-state index is 10.5. The van der Waals surface area contributed by atoms with Gasteiger partial charge in [0.15, 0.2) is 5.82 Å². The molecule has 1 saturated heterocycles. The lowest BCUT2D eigenvalue weighted by Crippen LogP contribution is -2.36. The zero-order valence-corrected chi connectivity index (χ0v) is 17.7. The zero-order chi connectivity index (χ0) is 22.5. The molecular formula is C23H24N6O4. The number of hydrogen-bond acceptors (Lipinski definition) is 10. The van der Waals surface area contributed by atoms with E-state index in [-0.39, 0.29) is 6.61 Å². The number of pyridine rings is 1. The van der Waals surface area contributed by atoms with Crippen molar-refractivity contribution in [2.24, 2.45) is 4.99 Å². The van der Waals surface area contributed by atoms with E-state index in [9.17, 15) is 15.3 Å². The van der Waals surface area contributed by atoms with Crippen molar-refractivity contribution in [3.63, 3.8) is 0 Å². The Balaban J connectivity index is 1.35. The summed E-state index contributed by atoms with van der Waals surface area (Å²) in [6.07, 6.45) is 1.61. The third-order valence-electron chi connectivity index (χ3n) is 6.30. The molecule has 6 rings (SSSR count). The molecule has 10 heteroatoms. The molecule has 3 aromatic rings. The standard InChI is InChI=1S/C23H24N6O4/c30-10-16-19(31)20(32)21(33-16)14-9-25-18-17(14)28-23(29-22(18)26-12-3-4-12)27-13-5-6-15-11(8-13)2-1-7-24-15/h1-2,5-9,12,14,16,19-21,30-32H,3-4,10H2,(H2,26,27,28,29). The molecule has 2 fully saturated rings. The van der Waals surface area contributed by atoms with Gasteiger partial charge in [-0.05, 0) is 37.1 Å². The van der Waals surface area contributed by atoms with Crippen LogP contribution in [-0.2, 0) is 4.74 Å². The van der Waals surface area contributed by atoms with E-state index in [1.165, 1.54) is 0 Å². The molecule has 1 aromatic carbocycles. The Bertz CT molecular complexity index is 1230. The molecule has 5 atom stereocenters. The number of nitrogens with one attached hydrogen (secondary N) is 2. The molecule has 5 N–H and O–H groups in total. The summed E-state index contributed by atoms with van der Waals surface area (Å²) < 4.78 is 5.77. The molecule has 0 radical (unpaired) electrons. The molecule has 33 heavy (non-hydrogen) atoms. The van der Waals surface area contributed by atoms with Gasteiger partial charge in [0.1, 0.15) is 30.1 Å². The van der Waals surface area contributed by atoms with Crippen LogP contribution in [0.5, 0.6) is 0 Å². The van der Waals surface area contributed by atoms with Gasteiger partial charge in [0, 0.05) is 29.5 Å². The minimum absolute atomic E-state index is 0.353. The number of hydrogen-bond donors (Lipinski definition) is 5. The number of anilines is 3. The summed E-state index contributed by atoms with van der Waals surface area (Å²) >= 11 is 0. The average Bonchev–Trinajstić information content (AvgIpc) is 3.47. The molecule has 3 aliphatic rings. The van der Waals surface area contributed by atoms with Gasteiger partial charge in [-0.3, -0.25) is 9.98 Å². The van der Waals surface area contributed by atoms with E-state index in [1.807, 2.05) is 30.3 Å². The van der Waals surface area contributed by atoms with Gasteiger partial charge in [-0.15, -0.1) is 0 Å². The van der Waals surface area contributed by atoms with E-state index in [0.29, 0.717) is 29.2 Å². The predicted octanol–water partition coefficient (Wildman–Crippen LogP) is 1.62. The average molecular weight is 448 g/mol. The Morgan fingerprint density at radius 3 is 2.76 bits per heavy atom. The van der Waals surface area contributed by atoms with Crippen LogP contribution in [0.3, 0.4) is 0 Å². The van der Waals surface area contributed by atoms with Crippen molar-refractivity contribution in [2.45, 2.75) is 49.2 Å². The van der Waals surface area contributed by atoms with Crippen molar-refractivity contribution >= 4 is 40.3 Å². The summed E-state index contributed by atoms with van der Waals surface area (Å²) in [5.41, 5.74) is 2.92. The first-order valence-corrected chi connectivity index (χ1v) is 11.1. The monoisotopic (exact) mass is 448 g/mol. The number of aliphatic hydroxyl groups is 3. The Kier molecular flexibility index (Phi) is 4.95. The van der Waals surface area contributed by atoms with Crippen LogP contribution >= 0.6 is 0 Å². The lowest BCUT2D eigenvalue weighted by Gasteiger charge is -2.21. The van der Waals surface area contributed by atoms with Crippen LogP contribution in [0, 0.1) is 0 Å². The van der Waals surface area contributed by atoms with Gasteiger partial charge in [-0.2, -0.15) is 4.98 Å². The van der Waals surface area contributed by atoms with Crippen LogP contribution in [0.4, 0.5) is 23.1 Å². The normalized spacial score (nSPS) is 28.3. The second kappa shape index (κ2) is 7.99. The molecular weight excluding hydrogens is 424 g/mol. The van der Waals surface area contributed by atoms with E-state index >= 15 is 0 Å². The van der Waals surface area contributed by atoms with Crippen LogP contribution in [0.2, 0.25) is 0 Å². The fourth-order valence-corrected chi connectivity index (χ4v) is 4.38. The Morgan fingerprint density at radius 1 is 1.09 bits per heavy atom. The second-order valence-electron chi connectivity index (χ2n) is 8.69. The first-order valence-electron chi connectivity index (χ1n) is 11.1. The quantitative estimate of drug-likeness (QED) is 0.380. The minimum Gasteiger partial charge on any atom is -0.394 e. The predicted molar refractivity (Wildman–Crippen MR) is 122 cm³/mol. The van der Waals surface area contributed by atoms with Gasteiger partial charge in [0.25, 0.3) is 0 Å². The largest absolute Gasteiger partial charge is 0.394 e. The molecule has 1 saturated carbocycles. The minimum atomic E-state index is -1.17. The van der Waals surface area contributed by atoms with Crippen LogP contribution in [0.1, 0.15) is 24.5 Å². The number of fused-ring (bicyclic) bond motifs is 2. The summed E-state index contributed by atoms with van der Waals surface area (Å²) in [6, 6.07) is 10.1. The molecule has 170 valence electrons. The van der Waals surface area contributed by atoms with Crippen LogP contribution < -0.4 is 10.6 Å². The topological polar surface area (TPSA) is 145 Å². The highest BCUT2D eigenvalue weighted by Crippen LogP contribution is 2.43. The summed E-state index contributed by atoms with van der Waals surface area (Å²) in [7, 11) is 0. The van der Waals surface area contributed by atoms with Crippen molar-refractivity contribution in [1.82, 2.24) is 15.0 Å². The summed E-state index contributed by atoms with van der Waals surface area (Å²) in [5, 5.41) is 37.9. The smallest absolute Gasteiger partial charge is 0.229 e. The van der Waals surface area contributed by atoms with Gasteiger partial charge in [0.05, 0.1) is 23.7 Å². The zero-order valence-electron chi connectivity index (χ0n) is 17.7. The lowest BCUT2D eigenvalue weighted by atomic mass is 9.94. The van der Waals surface area contributed by atoms with Crippen LogP contribution in [-0.4, -0.2) is 73.6 Å². The third-order valence-corrected chi connectivity index (χ3v) is 6.30. The van der Waals surface area contributed by atoms with E-state index in [4.69, 9.17) is 9.72 Å². The number of aliphatic hydroxyl groups excluding tert-OH is 3. The van der Waals surface area contributed by atoms with Crippen LogP contribution in [0.25, 0.3) is 10.9 Å². The number of benzene rings is 1. The highest BCUT2D eigenvalue weighted by Gasteiger charge is 2.48. The lowest BCUT2D eigenvalue weighted by molar-refractivity contribution is -0.0237. The van der Waals surface area contributed by atoms with Gasteiger partial charge in [-0.1, -0.05) is 6.07 Å². The van der Waals surface area contributed by atoms with Gasteiger partial charge < -0.3 is 30.7 Å². The summed E-state index contributed by atoms with van der Waals surface area (Å²) in [5.74, 6) is 0.533. The van der Waals surface area contributed by atoms with Crippen molar-refractivity contribution in [2.75, 3.05) is 17.2 Å². The second-order valence-corrected chi connectivity index (χ2v) is 8.69. The number of ether oxygens (including phenoxy) is 1. The van der Waals surface area contributed by atoms with Gasteiger partial charge in [-0.25, -0.2) is 4.98 Å². The third kappa shape index (κ3) is 3.70. The molecule has 0 amide bonds. The molecule has 2 aromatic heterocycles. The van der Waals surface area contributed by atoms with Crippen molar-refractivity contribution in [1.29, 1.82) is 0 Å². The highest BCUT2D eigenvalue weighted by molar-refractivity contribution is 5.86. The molecule has 2 aliphatic heterocycles. The number of nitrogens with zero attached hydrogens (tertiary/aromatic N) is 4. The Labute approximate surface area is 189 Å². The van der Waals surface area contributed by atoms with Crippen LogP contribution in [0.15, 0.2) is 41.5 Å². The molecule has 0 spiro atoms. The number of rotatable bonds is 6. The van der Waals surface area contributed by atoms with Crippen molar-refractivity contribution in [3.05, 3.63) is 42.2 Å². The number of aliphatic imine (C=N–C) groups is 1. The van der Waals surface area contributed by atoms with E-state index in [1.54, 1.807) is 12.4 Å². The van der Waals surface area contributed by atoms with Crippen molar-refractivity contribution in [3.8, 4) is 0 Å². The molecule has 10 nitrogen and oxygen atoms in total. The maximum absolute atomic E-state index is 10.5. The first kappa shape index (κ1) is 20.4. The van der Waals surface area contributed by atoms with Gasteiger partial charge >= 0.3 is 0 Å². The molecule has 1 aliphatic carbocycles. The fourth-order valence-electron chi connectivity index (χ4n) is 4.38. The molecule has 4 heterocycles. The summed E-state index contributed by atoms with van der Waals surface area (Å²) in [4.78, 5) is 18.3. The Morgan fingerprint density at radius 2 is 1.97 bits per heavy atom. The van der Waals surface area contributed by atoms with E-state index < -0.39 is 30.3 Å². The Hall–Kier alpha value is -3.18. The molecule has 5 unspecified atom stereocenters.